The Labute approximate surface area is 159 Å². The first-order valence-electron chi connectivity index (χ1n) is 7.50. The van der Waals surface area contributed by atoms with E-state index in [2.05, 4.69) is 0 Å². The normalized spacial score (nSPS) is 13.3. The molecule has 0 saturated heterocycles. The number of benzene rings is 2. The summed E-state index contributed by atoms with van der Waals surface area (Å²) in [6.07, 6.45) is -4.69. The average molecular weight is 420 g/mol. The highest BCUT2D eigenvalue weighted by molar-refractivity contribution is 7.93. The third kappa shape index (κ3) is 4.36. The van der Waals surface area contributed by atoms with E-state index in [1.165, 1.54) is 38.2 Å². The van der Waals surface area contributed by atoms with Crippen molar-refractivity contribution in [3.05, 3.63) is 53.6 Å². The van der Waals surface area contributed by atoms with Gasteiger partial charge in [0, 0.05) is 24.5 Å². The third-order valence-electron chi connectivity index (χ3n) is 3.76. The van der Waals surface area contributed by atoms with Crippen LogP contribution in [0.15, 0.2) is 41.3 Å². The van der Waals surface area contributed by atoms with Crippen LogP contribution in [0.25, 0.3) is 0 Å². The second kappa shape index (κ2) is 7.40. The van der Waals surface area contributed by atoms with Crippen LogP contribution >= 0.6 is 11.6 Å². The number of nitrogens with zero attached hydrogens (tertiary/aromatic N) is 1. The van der Waals surface area contributed by atoms with Crippen molar-refractivity contribution in [2.24, 2.45) is 0 Å². The molecule has 0 aliphatic heterocycles. The highest BCUT2D eigenvalue weighted by atomic mass is 35.5. The highest BCUT2D eigenvalue weighted by Crippen LogP contribution is 2.31. The number of sulfone groups is 1. The smallest absolute Gasteiger partial charge is 0.398 e. The Morgan fingerprint density at radius 2 is 1.89 bits per heavy atom. The van der Waals surface area contributed by atoms with Crippen LogP contribution in [0.4, 0.5) is 24.5 Å². The van der Waals surface area contributed by atoms with E-state index in [9.17, 15) is 26.4 Å². The Bertz CT molecular complexity index is 976. The highest BCUT2D eigenvalue weighted by Gasteiger charge is 2.32. The van der Waals surface area contributed by atoms with Crippen LogP contribution in [0.5, 0.6) is 0 Å². The fraction of sp³-hybridized carbons (Fsp3) is 0.235. The van der Waals surface area contributed by atoms with Crippen LogP contribution in [0.2, 0.25) is 0 Å². The molecule has 2 aromatic carbocycles. The van der Waals surface area contributed by atoms with Gasteiger partial charge in [-0.25, -0.2) is 8.42 Å². The van der Waals surface area contributed by atoms with E-state index in [1.807, 2.05) is 6.07 Å². The van der Waals surface area contributed by atoms with Crippen LogP contribution in [-0.4, -0.2) is 26.1 Å². The quantitative estimate of drug-likeness (QED) is 0.605. The summed E-state index contributed by atoms with van der Waals surface area (Å²) in [6.45, 7) is 1.29. The van der Waals surface area contributed by atoms with Gasteiger partial charge in [0.2, 0.25) is 0 Å². The fourth-order valence-corrected chi connectivity index (χ4v) is 3.43. The summed E-state index contributed by atoms with van der Waals surface area (Å²) in [5.41, 5.74) is 3.98. The monoisotopic (exact) mass is 419 g/mol. The Morgan fingerprint density at radius 1 is 1.26 bits per heavy atom. The van der Waals surface area contributed by atoms with Gasteiger partial charge in [0.1, 0.15) is 4.71 Å². The largest absolute Gasteiger partial charge is 0.417 e. The Morgan fingerprint density at radius 3 is 2.44 bits per heavy atom. The van der Waals surface area contributed by atoms with E-state index in [0.717, 1.165) is 17.0 Å². The minimum atomic E-state index is -4.69. The van der Waals surface area contributed by atoms with Gasteiger partial charge in [-0.2, -0.15) is 13.2 Å². The predicted molar refractivity (Wildman–Crippen MR) is 96.4 cm³/mol. The van der Waals surface area contributed by atoms with Crippen LogP contribution < -0.4 is 10.6 Å². The van der Waals surface area contributed by atoms with Crippen molar-refractivity contribution in [1.82, 2.24) is 0 Å². The lowest BCUT2D eigenvalue weighted by atomic mass is 10.1. The molecule has 0 bridgehead atoms. The summed E-state index contributed by atoms with van der Waals surface area (Å²) >= 11 is 5.68. The molecule has 0 heterocycles. The number of rotatable bonds is 4. The van der Waals surface area contributed by atoms with Crippen LogP contribution in [0.1, 0.15) is 22.8 Å². The molecular weight excluding hydrogens is 405 g/mol. The molecule has 145 valence electrons. The number of alkyl halides is 4. The first-order valence-corrected chi connectivity index (χ1v) is 9.49. The van der Waals surface area contributed by atoms with Crippen molar-refractivity contribution < 1.29 is 26.4 Å². The summed E-state index contributed by atoms with van der Waals surface area (Å²) in [6, 6.07) is 9.01. The van der Waals surface area contributed by atoms with Gasteiger partial charge >= 0.3 is 6.18 Å². The van der Waals surface area contributed by atoms with Gasteiger partial charge in [-0.3, -0.25) is 4.79 Å². The second-order valence-corrected chi connectivity index (χ2v) is 8.83. The molecule has 27 heavy (non-hydrogen) atoms. The summed E-state index contributed by atoms with van der Waals surface area (Å²) < 4.78 is 61.8. The summed E-state index contributed by atoms with van der Waals surface area (Å²) in [4.78, 5) is 13.5. The molecular formula is C17H15ClF3N2O3S. The van der Waals surface area contributed by atoms with Crippen molar-refractivity contribution >= 4 is 38.7 Å². The minimum absolute atomic E-state index is 0.122. The van der Waals surface area contributed by atoms with E-state index < -0.39 is 37.8 Å². The number of anilines is 2. The molecule has 2 aromatic rings. The lowest BCUT2D eigenvalue weighted by Gasteiger charge is -2.20. The van der Waals surface area contributed by atoms with Crippen LogP contribution in [-0.2, 0) is 16.0 Å². The Balaban J connectivity index is 2.45. The molecule has 0 aliphatic rings. The summed E-state index contributed by atoms with van der Waals surface area (Å²) in [5, 5.41) is 0. The fourth-order valence-electron chi connectivity index (χ4n) is 2.19. The topological polar surface area (TPSA) is 80.5 Å². The maximum atomic E-state index is 12.9. The Hall–Kier alpha value is -2.26. The predicted octanol–water partition coefficient (Wildman–Crippen LogP) is 3.72. The molecule has 2 N–H and O–H groups in total. The van der Waals surface area contributed by atoms with E-state index in [0.29, 0.717) is 0 Å². The summed E-state index contributed by atoms with van der Waals surface area (Å²) in [7, 11) is -2.53. The number of hydrogen-bond donors (Lipinski definition) is 1. The molecule has 1 atom stereocenters. The maximum Gasteiger partial charge on any atom is 0.417 e. The minimum Gasteiger partial charge on any atom is -0.398 e. The molecule has 1 unspecified atom stereocenters. The molecule has 5 nitrogen and oxygen atoms in total. The van der Waals surface area contributed by atoms with Crippen molar-refractivity contribution in [2.75, 3.05) is 17.7 Å². The number of amides is 1. The number of nitrogen functional groups attached to an aromatic ring is 1. The summed E-state index contributed by atoms with van der Waals surface area (Å²) in [5.74, 6) is -0.868. The van der Waals surface area contributed by atoms with Gasteiger partial charge in [0.05, 0.1) is 16.0 Å². The zero-order valence-corrected chi connectivity index (χ0v) is 15.8. The number of hydrogen-bond acceptors (Lipinski definition) is 4. The second-order valence-electron chi connectivity index (χ2n) is 5.65. The molecule has 0 spiro atoms. The average Bonchev–Trinajstić information content (AvgIpc) is 2.59. The maximum absolute atomic E-state index is 12.9. The zero-order valence-electron chi connectivity index (χ0n) is 14.2. The molecule has 0 aliphatic carbocycles. The van der Waals surface area contributed by atoms with Crippen molar-refractivity contribution in [3.63, 3.8) is 0 Å². The number of nitrogens with two attached hydrogens (primary N) is 1. The van der Waals surface area contributed by atoms with Crippen LogP contribution in [0.3, 0.4) is 0 Å². The van der Waals surface area contributed by atoms with E-state index >= 15 is 0 Å². The van der Waals surface area contributed by atoms with Crippen molar-refractivity contribution in [3.8, 4) is 0 Å². The van der Waals surface area contributed by atoms with Gasteiger partial charge in [-0.15, -0.1) is 11.6 Å². The number of halogens is 4. The SMILES string of the molecule is CC(Cl)S(=O)(=O)c1cccc(N(C)C(=O)c2[c]c(C(F)(F)F)ccc2N)c1. The molecule has 0 saturated carbocycles. The van der Waals surface area contributed by atoms with Gasteiger partial charge < -0.3 is 10.6 Å². The van der Waals surface area contributed by atoms with Crippen LogP contribution in [0, 0.1) is 6.07 Å². The Kier molecular flexibility index (Phi) is 5.77. The van der Waals surface area contributed by atoms with Gasteiger partial charge in [0.25, 0.3) is 5.91 Å². The van der Waals surface area contributed by atoms with Gasteiger partial charge in [-0.05, 0) is 37.3 Å². The van der Waals surface area contributed by atoms with Crippen molar-refractivity contribution in [2.45, 2.75) is 22.7 Å². The lowest BCUT2D eigenvalue weighted by Crippen LogP contribution is -2.28. The first-order chi connectivity index (χ1) is 12.4. The standard InChI is InChI=1S/C17H15ClF3N2O3S/c1-10(18)27(25,26)13-5-3-4-12(9-13)23(2)16(24)14-8-11(17(19,20)21)6-7-15(14)22/h3-7,9-10H,22H2,1-2H3. The van der Waals surface area contributed by atoms with E-state index in [-0.39, 0.29) is 16.3 Å². The van der Waals surface area contributed by atoms with Gasteiger partial charge in [-0.1, -0.05) is 6.07 Å². The molecule has 10 heteroatoms. The third-order valence-corrected chi connectivity index (χ3v) is 6.23. The van der Waals surface area contributed by atoms with Crippen molar-refractivity contribution in [1.29, 1.82) is 0 Å². The number of carbonyl (C=O) groups excluding carboxylic acids is 1. The number of carbonyl (C=O) groups is 1. The molecule has 0 fully saturated rings. The molecule has 1 radical (unpaired) electrons. The zero-order chi connectivity index (χ0) is 20.6. The van der Waals surface area contributed by atoms with Gasteiger partial charge in [0.15, 0.2) is 9.84 Å². The van der Waals surface area contributed by atoms with E-state index in [1.54, 1.807) is 0 Å². The van der Waals surface area contributed by atoms with E-state index in [4.69, 9.17) is 17.3 Å². The first kappa shape index (κ1) is 21.0. The molecule has 0 aromatic heterocycles. The molecule has 1 amide bonds. The lowest BCUT2D eigenvalue weighted by molar-refractivity contribution is -0.137. The molecule has 2 rings (SSSR count).